The van der Waals surface area contributed by atoms with Gasteiger partial charge in [0.05, 0.1) is 5.60 Å². The fraction of sp³-hybridized carbons (Fsp3) is 0.700. The van der Waals surface area contributed by atoms with E-state index in [0.717, 1.165) is 51.7 Å². The van der Waals surface area contributed by atoms with Crippen molar-refractivity contribution in [3.05, 3.63) is 35.6 Å². The van der Waals surface area contributed by atoms with Crippen LogP contribution in [0.4, 0.5) is 4.39 Å². The van der Waals surface area contributed by atoms with E-state index in [0.29, 0.717) is 12.0 Å². The second kappa shape index (κ2) is 8.79. The second-order valence-corrected chi connectivity index (χ2v) is 7.12. The van der Waals surface area contributed by atoms with Gasteiger partial charge in [0.2, 0.25) is 0 Å². The zero-order chi connectivity index (χ0) is 16.7. The Morgan fingerprint density at radius 1 is 1.17 bits per heavy atom. The Labute approximate surface area is 140 Å². The van der Waals surface area contributed by atoms with Gasteiger partial charge in [0.15, 0.2) is 0 Å². The highest BCUT2D eigenvalue weighted by molar-refractivity contribution is 5.20. The van der Waals surface area contributed by atoms with Crippen molar-refractivity contribution in [2.24, 2.45) is 5.92 Å². The normalized spacial score (nSPS) is 25.0. The van der Waals surface area contributed by atoms with E-state index in [1.54, 1.807) is 6.07 Å². The van der Waals surface area contributed by atoms with E-state index in [4.69, 9.17) is 0 Å². The summed E-state index contributed by atoms with van der Waals surface area (Å²) in [5.74, 6) is 0.0539. The zero-order valence-corrected chi connectivity index (χ0v) is 14.7. The van der Waals surface area contributed by atoms with Crippen molar-refractivity contribution < 1.29 is 9.50 Å². The zero-order valence-electron chi connectivity index (χ0n) is 14.7. The number of rotatable bonds is 8. The van der Waals surface area contributed by atoms with Gasteiger partial charge >= 0.3 is 0 Å². The fourth-order valence-corrected chi connectivity index (χ4v) is 4.00. The van der Waals surface area contributed by atoms with Crippen molar-refractivity contribution in [3.63, 3.8) is 0 Å². The number of nitrogens with zero attached hydrogens (tertiary/aromatic N) is 1. The highest BCUT2D eigenvalue weighted by Crippen LogP contribution is 2.37. The topological polar surface area (TPSA) is 23.5 Å². The van der Waals surface area contributed by atoms with Gasteiger partial charge in [-0.05, 0) is 50.4 Å². The van der Waals surface area contributed by atoms with E-state index in [9.17, 15) is 9.50 Å². The lowest BCUT2D eigenvalue weighted by Crippen LogP contribution is -2.48. The quantitative estimate of drug-likeness (QED) is 0.766. The maximum absolute atomic E-state index is 14.0. The lowest BCUT2D eigenvalue weighted by Gasteiger charge is -2.42. The van der Waals surface area contributed by atoms with Gasteiger partial charge in [0.25, 0.3) is 0 Å². The maximum Gasteiger partial charge on any atom is 0.126 e. The van der Waals surface area contributed by atoms with Crippen molar-refractivity contribution in [3.8, 4) is 0 Å². The van der Waals surface area contributed by atoms with Crippen LogP contribution >= 0.6 is 0 Å². The molecule has 0 saturated heterocycles. The Kier molecular flexibility index (Phi) is 7.04. The van der Waals surface area contributed by atoms with Crippen molar-refractivity contribution >= 4 is 0 Å². The Hall–Kier alpha value is -0.930. The molecule has 2 rings (SSSR count). The number of halogens is 1. The number of aliphatic hydroxyl groups is 1. The number of hydrogen-bond acceptors (Lipinski definition) is 2. The molecule has 2 nitrogen and oxygen atoms in total. The molecule has 1 saturated carbocycles. The average molecular weight is 321 g/mol. The van der Waals surface area contributed by atoms with Gasteiger partial charge in [0.1, 0.15) is 5.82 Å². The predicted octanol–water partition coefficient (Wildman–Crippen LogP) is 4.41. The van der Waals surface area contributed by atoms with Crippen LogP contribution in [0.15, 0.2) is 24.3 Å². The van der Waals surface area contributed by atoms with E-state index in [1.165, 1.54) is 12.5 Å². The smallest absolute Gasteiger partial charge is 0.126 e. The van der Waals surface area contributed by atoms with E-state index < -0.39 is 5.60 Å². The molecule has 0 bridgehead atoms. The van der Waals surface area contributed by atoms with E-state index in [2.05, 4.69) is 18.7 Å². The van der Waals surface area contributed by atoms with Crippen LogP contribution in [0.25, 0.3) is 0 Å². The summed E-state index contributed by atoms with van der Waals surface area (Å²) in [5.41, 5.74) is -0.111. The largest absolute Gasteiger partial charge is 0.389 e. The molecule has 130 valence electrons. The Morgan fingerprint density at radius 2 is 1.87 bits per heavy atom. The summed E-state index contributed by atoms with van der Waals surface area (Å²) in [5, 5.41) is 11.3. The third-order valence-corrected chi connectivity index (χ3v) is 5.18. The van der Waals surface area contributed by atoms with Crippen molar-refractivity contribution in [2.45, 2.75) is 64.4 Å². The highest BCUT2D eigenvalue weighted by atomic mass is 19.1. The second-order valence-electron chi connectivity index (χ2n) is 7.12. The first kappa shape index (κ1) is 18.4. The molecule has 1 aliphatic carbocycles. The molecule has 1 N–H and O–H groups in total. The molecule has 0 heterocycles. The minimum atomic E-state index is -0.764. The van der Waals surface area contributed by atoms with E-state index in [-0.39, 0.29) is 11.7 Å². The molecule has 2 atom stereocenters. The molecule has 1 fully saturated rings. The van der Waals surface area contributed by atoms with Crippen LogP contribution in [0.1, 0.15) is 57.9 Å². The fourth-order valence-electron chi connectivity index (χ4n) is 4.00. The first-order valence-corrected chi connectivity index (χ1v) is 9.27. The van der Waals surface area contributed by atoms with Gasteiger partial charge in [0, 0.05) is 18.9 Å². The third kappa shape index (κ3) is 5.02. The Morgan fingerprint density at radius 3 is 2.52 bits per heavy atom. The molecular formula is C20H32FNO. The summed E-state index contributed by atoms with van der Waals surface area (Å²) < 4.78 is 14.0. The molecule has 0 unspecified atom stereocenters. The monoisotopic (exact) mass is 321 g/mol. The van der Waals surface area contributed by atoms with E-state index in [1.807, 2.05) is 12.1 Å². The van der Waals surface area contributed by atoms with Crippen LogP contribution in [-0.4, -0.2) is 35.2 Å². The van der Waals surface area contributed by atoms with Crippen LogP contribution in [0, 0.1) is 11.7 Å². The molecule has 1 aromatic rings. The molecule has 0 aromatic heterocycles. The Bertz CT molecular complexity index is 472. The predicted molar refractivity (Wildman–Crippen MR) is 94.0 cm³/mol. The van der Waals surface area contributed by atoms with Crippen molar-refractivity contribution in [1.82, 2.24) is 4.90 Å². The summed E-state index contributed by atoms with van der Waals surface area (Å²) in [6, 6.07) is 6.89. The first-order chi connectivity index (χ1) is 11.1. The van der Waals surface area contributed by atoms with Crippen LogP contribution < -0.4 is 0 Å². The maximum atomic E-state index is 14.0. The standard InChI is InChI=1S/C20H32FNO/c1-3-13-22(14-4-2)16-18-10-7-8-12-20(18,23)15-17-9-5-6-11-19(17)21/h5-6,9,11,18,23H,3-4,7-8,10,12-16H2,1-2H3/t18-,20-/m0/s1. The molecule has 0 amide bonds. The average Bonchev–Trinajstić information content (AvgIpc) is 2.52. The molecule has 1 aromatic carbocycles. The van der Waals surface area contributed by atoms with Gasteiger partial charge in [-0.1, -0.05) is 44.9 Å². The van der Waals surface area contributed by atoms with Crippen molar-refractivity contribution in [1.29, 1.82) is 0 Å². The number of benzene rings is 1. The highest BCUT2D eigenvalue weighted by Gasteiger charge is 2.39. The SMILES string of the molecule is CCCN(CCC)C[C@@H]1CCCC[C@]1(O)Cc1ccccc1F. The Balaban J connectivity index is 2.11. The summed E-state index contributed by atoms with van der Waals surface area (Å²) in [6.45, 7) is 7.51. The molecule has 23 heavy (non-hydrogen) atoms. The lowest BCUT2D eigenvalue weighted by atomic mass is 9.72. The molecular weight excluding hydrogens is 289 g/mol. The van der Waals surface area contributed by atoms with Gasteiger partial charge < -0.3 is 10.0 Å². The number of hydrogen-bond donors (Lipinski definition) is 1. The van der Waals surface area contributed by atoms with Gasteiger partial charge in [-0.3, -0.25) is 0 Å². The van der Waals surface area contributed by atoms with Crippen LogP contribution in [0.5, 0.6) is 0 Å². The summed E-state index contributed by atoms with van der Waals surface area (Å²) in [7, 11) is 0. The van der Waals surface area contributed by atoms with Gasteiger partial charge in [-0.15, -0.1) is 0 Å². The molecule has 0 radical (unpaired) electrons. The third-order valence-electron chi connectivity index (χ3n) is 5.18. The summed E-state index contributed by atoms with van der Waals surface area (Å²) in [6.07, 6.45) is 6.78. The first-order valence-electron chi connectivity index (χ1n) is 9.27. The summed E-state index contributed by atoms with van der Waals surface area (Å²) in [4.78, 5) is 2.47. The lowest BCUT2D eigenvalue weighted by molar-refractivity contribution is -0.0596. The minimum Gasteiger partial charge on any atom is -0.389 e. The molecule has 1 aliphatic rings. The van der Waals surface area contributed by atoms with Crippen LogP contribution in [0.3, 0.4) is 0 Å². The van der Waals surface area contributed by atoms with Gasteiger partial charge in [-0.25, -0.2) is 4.39 Å². The van der Waals surface area contributed by atoms with E-state index >= 15 is 0 Å². The summed E-state index contributed by atoms with van der Waals surface area (Å²) >= 11 is 0. The van der Waals surface area contributed by atoms with Crippen LogP contribution in [-0.2, 0) is 6.42 Å². The van der Waals surface area contributed by atoms with Gasteiger partial charge in [-0.2, -0.15) is 0 Å². The van der Waals surface area contributed by atoms with Crippen molar-refractivity contribution in [2.75, 3.05) is 19.6 Å². The molecule has 0 spiro atoms. The molecule has 0 aliphatic heterocycles. The minimum absolute atomic E-state index is 0.191. The van der Waals surface area contributed by atoms with Crippen LogP contribution in [0.2, 0.25) is 0 Å². The molecule has 3 heteroatoms.